The third kappa shape index (κ3) is 4.84. The fourth-order valence-electron chi connectivity index (χ4n) is 1.33. The summed E-state index contributed by atoms with van der Waals surface area (Å²) in [7, 11) is -8.33. The average Bonchev–Trinajstić information content (AvgIpc) is 2.34. The minimum atomic E-state index is -4.75. The van der Waals surface area contributed by atoms with Crippen LogP contribution in [0.3, 0.4) is 0 Å². The van der Waals surface area contributed by atoms with Crippen molar-refractivity contribution in [3.8, 4) is 0 Å². The van der Waals surface area contributed by atoms with Gasteiger partial charge in [-0.3, -0.25) is 5.84 Å². The van der Waals surface area contributed by atoms with Crippen molar-refractivity contribution < 1.29 is 30.0 Å². The molecular formula is C9H12F3N3O4S2. The van der Waals surface area contributed by atoms with Gasteiger partial charge in [0, 0.05) is 6.26 Å². The largest absolute Gasteiger partial charge is 0.402 e. The van der Waals surface area contributed by atoms with Crippen molar-refractivity contribution in [3.05, 3.63) is 18.2 Å². The lowest BCUT2D eigenvalue weighted by Gasteiger charge is -2.13. The summed E-state index contributed by atoms with van der Waals surface area (Å²) in [5, 5.41) is 0. The molecule has 0 atom stereocenters. The van der Waals surface area contributed by atoms with Crippen molar-refractivity contribution in [2.45, 2.75) is 16.0 Å². The Balaban J connectivity index is 3.33. The summed E-state index contributed by atoms with van der Waals surface area (Å²) in [6.07, 6.45) is -3.92. The second kappa shape index (κ2) is 5.79. The minimum absolute atomic E-state index is 0.239. The van der Waals surface area contributed by atoms with Crippen LogP contribution in [0.1, 0.15) is 0 Å². The van der Waals surface area contributed by atoms with Gasteiger partial charge in [0.15, 0.2) is 9.84 Å². The third-order valence-corrected chi connectivity index (χ3v) is 4.84. The topological polar surface area (TPSA) is 118 Å². The summed E-state index contributed by atoms with van der Waals surface area (Å²) in [5.74, 6) is 5.07. The second-order valence-corrected chi connectivity index (χ2v) is 7.77. The summed E-state index contributed by atoms with van der Waals surface area (Å²) >= 11 is 0. The number of anilines is 1. The molecule has 1 aromatic carbocycles. The molecule has 0 aliphatic rings. The lowest BCUT2D eigenvalue weighted by atomic mass is 10.3. The van der Waals surface area contributed by atoms with Gasteiger partial charge in [-0.25, -0.2) is 21.6 Å². The molecule has 0 saturated carbocycles. The molecular weight excluding hydrogens is 335 g/mol. The predicted molar refractivity (Wildman–Crippen MR) is 68.6 cm³/mol. The monoisotopic (exact) mass is 347 g/mol. The van der Waals surface area contributed by atoms with Crippen molar-refractivity contribution in [2.24, 2.45) is 5.84 Å². The number of nitrogen functional groups attached to an aromatic ring is 1. The van der Waals surface area contributed by atoms with Crippen LogP contribution in [0.4, 0.5) is 18.9 Å². The molecule has 0 aliphatic carbocycles. The molecule has 0 radical (unpaired) electrons. The van der Waals surface area contributed by atoms with E-state index in [9.17, 15) is 30.0 Å². The first-order valence-corrected chi connectivity index (χ1v) is 8.61. The maximum atomic E-state index is 12.1. The molecule has 21 heavy (non-hydrogen) atoms. The lowest BCUT2D eigenvalue weighted by Crippen LogP contribution is -2.34. The van der Waals surface area contributed by atoms with E-state index in [2.05, 4.69) is 0 Å². The van der Waals surface area contributed by atoms with E-state index in [1.54, 1.807) is 0 Å². The standard InChI is InChI=1S/C9H12F3N3O4S2/c1-20(16,17)6-2-3-7(15-13)8(4-6)21(18,19)14-5-9(10,11)12/h2-4,14-15H,5,13H2,1H3. The number of hydrazine groups is 1. The van der Waals surface area contributed by atoms with Gasteiger partial charge < -0.3 is 5.43 Å². The number of rotatable bonds is 5. The molecule has 1 rings (SSSR count). The van der Waals surface area contributed by atoms with E-state index in [1.807, 2.05) is 5.43 Å². The normalized spacial score (nSPS) is 13.2. The Morgan fingerprint density at radius 1 is 1.19 bits per heavy atom. The first-order valence-electron chi connectivity index (χ1n) is 5.24. The molecule has 0 saturated heterocycles. The van der Waals surface area contributed by atoms with Crippen LogP contribution in [0.5, 0.6) is 0 Å². The fourth-order valence-corrected chi connectivity index (χ4v) is 3.26. The molecule has 0 bridgehead atoms. The summed E-state index contributed by atoms with van der Waals surface area (Å²) in [5.41, 5.74) is 1.74. The van der Waals surface area contributed by atoms with Gasteiger partial charge >= 0.3 is 6.18 Å². The van der Waals surface area contributed by atoms with Gasteiger partial charge in [0.25, 0.3) is 0 Å². The number of sulfone groups is 1. The first kappa shape index (κ1) is 17.7. The maximum Gasteiger partial charge on any atom is 0.402 e. The van der Waals surface area contributed by atoms with E-state index < -0.39 is 37.5 Å². The Kier molecular flexibility index (Phi) is 4.87. The van der Waals surface area contributed by atoms with Crippen LogP contribution < -0.4 is 16.0 Å². The van der Waals surface area contributed by atoms with Gasteiger partial charge in [-0.05, 0) is 18.2 Å². The molecule has 0 aliphatic heterocycles. The highest BCUT2D eigenvalue weighted by Gasteiger charge is 2.31. The Hall–Kier alpha value is -1.37. The predicted octanol–water partition coefficient (Wildman–Crippen LogP) is 0.216. The number of nitrogens with two attached hydrogens (primary N) is 1. The molecule has 12 heteroatoms. The second-order valence-electron chi connectivity index (χ2n) is 4.01. The molecule has 120 valence electrons. The number of alkyl halides is 3. The highest BCUT2D eigenvalue weighted by atomic mass is 32.2. The minimum Gasteiger partial charge on any atom is -0.323 e. The van der Waals surface area contributed by atoms with Crippen molar-refractivity contribution in [1.82, 2.24) is 4.72 Å². The SMILES string of the molecule is CS(=O)(=O)c1ccc(NN)c(S(=O)(=O)NCC(F)(F)F)c1. The summed E-state index contributed by atoms with van der Waals surface area (Å²) in [6, 6.07) is 2.84. The average molecular weight is 347 g/mol. The van der Waals surface area contributed by atoms with Crippen LogP contribution in [-0.2, 0) is 19.9 Å². The Morgan fingerprint density at radius 2 is 1.76 bits per heavy atom. The summed E-state index contributed by atoms with van der Waals surface area (Å²) < 4.78 is 84.0. The number of hydrogen-bond donors (Lipinski definition) is 3. The molecule has 0 spiro atoms. The smallest absolute Gasteiger partial charge is 0.323 e. The van der Waals surface area contributed by atoms with Crippen molar-refractivity contribution in [2.75, 3.05) is 18.2 Å². The third-order valence-electron chi connectivity index (χ3n) is 2.29. The van der Waals surface area contributed by atoms with Crippen molar-refractivity contribution in [3.63, 3.8) is 0 Å². The van der Waals surface area contributed by atoms with Crippen LogP contribution in [0, 0.1) is 0 Å². The van der Waals surface area contributed by atoms with Gasteiger partial charge in [-0.2, -0.15) is 13.2 Å². The molecule has 0 unspecified atom stereocenters. The van der Waals surface area contributed by atoms with Gasteiger partial charge in [-0.1, -0.05) is 0 Å². The van der Waals surface area contributed by atoms with E-state index in [0.717, 1.165) is 24.5 Å². The van der Waals surface area contributed by atoms with E-state index in [1.165, 1.54) is 4.72 Å². The number of halogens is 3. The van der Waals surface area contributed by atoms with Crippen molar-refractivity contribution >= 4 is 25.5 Å². The number of nitrogens with one attached hydrogen (secondary N) is 2. The van der Waals surface area contributed by atoms with Crippen LogP contribution in [0.25, 0.3) is 0 Å². The number of hydrogen-bond acceptors (Lipinski definition) is 6. The zero-order valence-corrected chi connectivity index (χ0v) is 12.2. The van der Waals surface area contributed by atoms with E-state index in [0.29, 0.717) is 0 Å². The molecule has 0 amide bonds. The molecule has 1 aromatic rings. The molecule has 0 heterocycles. The van der Waals surface area contributed by atoms with Crippen LogP contribution in [0.2, 0.25) is 0 Å². The highest BCUT2D eigenvalue weighted by Crippen LogP contribution is 2.25. The fraction of sp³-hybridized carbons (Fsp3) is 0.333. The van der Waals surface area contributed by atoms with Gasteiger partial charge in [0.2, 0.25) is 10.0 Å². The Morgan fingerprint density at radius 3 is 2.19 bits per heavy atom. The Bertz CT molecular complexity index is 729. The molecule has 0 aromatic heterocycles. The first-order chi connectivity index (χ1) is 9.37. The molecule has 0 fully saturated rings. The van der Waals surface area contributed by atoms with E-state index in [-0.39, 0.29) is 10.6 Å². The van der Waals surface area contributed by atoms with Crippen LogP contribution in [-0.4, -0.2) is 35.8 Å². The molecule has 4 N–H and O–H groups in total. The van der Waals surface area contributed by atoms with E-state index in [4.69, 9.17) is 5.84 Å². The highest BCUT2D eigenvalue weighted by molar-refractivity contribution is 7.91. The van der Waals surface area contributed by atoms with Crippen LogP contribution >= 0.6 is 0 Å². The zero-order valence-electron chi connectivity index (χ0n) is 10.6. The lowest BCUT2D eigenvalue weighted by molar-refractivity contribution is -0.121. The van der Waals surface area contributed by atoms with Gasteiger partial charge in [0.05, 0.1) is 10.6 Å². The van der Waals surface area contributed by atoms with Crippen LogP contribution in [0.15, 0.2) is 28.0 Å². The number of benzene rings is 1. The van der Waals surface area contributed by atoms with E-state index >= 15 is 0 Å². The quantitative estimate of drug-likeness (QED) is 0.518. The van der Waals surface area contributed by atoms with Crippen molar-refractivity contribution in [1.29, 1.82) is 0 Å². The zero-order chi connectivity index (χ0) is 16.5. The summed E-state index contributed by atoms with van der Waals surface area (Å²) in [4.78, 5) is -1.06. The van der Waals surface area contributed by atoms with Gasteiger partial charge in [0.1, 0.15) is 11.4 Å². The number of sulfonamides is 1. The summed E-state index contributed by atoms with van der Waals surface area (Å²) in [6.45, 7) is -1.79. The maximum absolute atomic E-state index is 12.1. The molecule has 7 nitrogen and oxygen atoms in total. The van der Waals surface area contributed by atoms with Gasteiger partial charge in [-0.15, -0.1) is 0 Å². The Labute approximate surface area is 119 Å².